The molecule has 0 saturated carbocycles. The molecule has 0 radical (unpaired) electrons. The summed E-state index contributed by atoms with van der Waals surface area (Å²) in [6, 6.07) is 6.15. The molecule has 3 aromatic rings. The maximum atomic E-state index is 9.66. The molecule has 0 aromatic carbocycles. The van der Waals surface area contributed by atoms with E-state index in [4.69, 9.17) is 14.0 Å². The van der Waals surface area contributed by atoms with Crippen molar-refractivity contribution in [1.82, 2.24) is 25.3 Å². The summed E-state index contributed by atoms with van der Waals surface area (Å²) in [6.45, 7) is 7.01. The Bertz CT molecular complexity index is 1120. The highest BCUT2D eigenvalue weighted by Gasteiger charge is 2.29. The molecule has 0 spiro atoms. The highest BCUT2D eigenvalue weighted by Crippen LogP contribution is 2.33. The summed E-state index contributed by atoms with van der Waals surface area (Å²) >= 11 is 0. The third-order valence-electron chi connectivity index (χ3n) is 6.38. The number of aryl methyl sites for hydroxylation is 2. The maximum absolute atomic E-state index is 9.66. The SMILES string of the molecule is Cc1noc(C2CCN(c3ccc(C#N)c(N4CCC(c5nc(C)no5)CC4)n3)CC2)n1. The Morgan fingerprint density at radius 2 is 1.34 bits per heavy atom. The zero-order valence-corrected chi connectivity index (χ0v) is 18.4. The highest BCUT2D eigenvalue weighted by atomic mass is 16.5. The van der Waals surface area contributed by atoms with Crippen molar-refractivity contribution in [2.45, 2.75) is 51.4 Å². The molecule has 0 atom stereocenters. The second-order valence-electron chi connectivity index (χ2n) is 8.53. The topological polar surface area (TPSA) is 121 Å². The molecule has 10 heteroatoms. The Labute approximate surface area is 186 Å². The van der Waals surface area contributed by atoms with Crippen LogP contribution in [0.3, 0.4) is 0 Å². The Morgan fingerprint density at radius 3 is 1.81 bits per heavy atom. The zero-order valence-electron chi connectivity index (χ0n) is 18.4. The van der Waals surface area contributed by atoms with Gasteiger partial charge < -0.3 is 18.8 Å². The van der Waals surface area contributed by atoms with Crippen LogP contribution in [0, 0.1) is 25.2 Å². The third-order valence-corrected chi connectivity index (χ3v) is 6.38. The van der Waals surface area contributed by atoms with Gasteiger partial charge >= 0.3 is 0 Å². The van der Waals surface area contributed by atoms with Crippen LogP contribution in [0.2, 0.25) is 0 Å². The van der Waals surface area contributed by atoms with Crippen molar-refractivity contribution in [2.75, 3.05) is 36.0 Å². The molecule has 5 rings (SSSR count). The number of rotatable bonds is 4. The lowest BCUT2D eigenvalue weighted by atomic mass is 9.96. The predicted octanol–water partition coefficient (Wildman–Crippen LogP) is 3.10. The Kier molecular flexibility index (Phi) is 5.47. The lowest BCUT2D eigenvalue weighted by Crippen LogP contribution is -2.36. The van der Waals surface area contributed by atoms with E-state index in [0.717, 1.165) is 69.4 Å². The monoisotopic (exact) mass is 434 g/mol. The van der Waals surface area contributed by atoms with Crippen molar-refractivity contribution in [3.8, 4) is 6.07 Å². The van der Waals surface area contributed by atoms with E-state index in [-0.39, 0.29) is 11.8 Å². The predicted molar refractivity (Wildman–Crippen MR) is 115 cm³/mol. The van der Waals surface area contributed by atoms with E-state index in [2.05, 4.69) is 36.2 Å². The van der Waals surface area contributed by atoms with E-state index >= 15 is 0 Å². The first-order valence-corrected chi connectivity index (χ1v) is 11.1. The first-order chi connectivity index (χ1) is 15.6. The first-order valence-electron chi connectivity index (χ1n) is 11.1. The minimum atomic E-state index is 0.258. The molecule has 32 heavy (non-hydrogen) atoms. The lowest BCUT2D eigenvalue weighted by molar-refractivity contribution is 0.326. The number of hydrogen-bond acceptors (Lipinski definition) is 10. The molecule has 0 N–H and O–H groups in total. The van der Waals surface area contributed by atoms with Crippen LogP contribution in [0.1, 0.15) is 66.5 Å². The maximum Gasteiger partial charge on any atom is 0.229 e. The normalized spacial score (nSPS) is 18.2. The van der Waals surface area contributed by atoms with Crippen molar-refractivity contribution >= 4 is 11.6 Å². The van der Waals surface area contributed by atoms with Gasteiger partial charge in [0.2, 0.25) is 11.8 Å². The number of piperidine rings is 2. The molecule has 2 aliphatic rings. The first kappa shape index (κ1) is 20.4. The van der Waals surface area contributed by atoms with Gasteiger partial charge in [-0.3, -0.25) is 0 Å². The van der Waals surface area contributed by atoms with E-state index in [0.29, 0.717) is 23.1 Å². The van der Waals surface area contributed by atoms with Gasteiger partial charge in [-0.25, -0.2) is 4.98 Å². The van der Waals surface area contributed by atoms with Gasteiger partial charge in [0, 0.05) is 38.0 Å². The van der Waals surface area contributed by atoms with Crippen LogP contribution >= 0.6 is 0 Å². The van der Waals surface area contributed by atoms with Crippen molar-refractivity contribution in [1.29, 1.82) is 5.26 Å². The van der Waals surface area contributed by atoms with Gasteiger partial charge in [0.05, 0.1) is 5.56 Å². The molecule has 2 aliphatic heterocycles. The number of pyridine rings is 1. The summed E-state index contributed by atoms with van der Waals surface area (Å²) in [4.78, 5) is 18.2. The van der Waals surface area contributed by atoms with E-state index in [9.17, 15) is 5.26 Å². The summed E-state index contributed by atoms with van der Waals surface area (Å²) in [5.41, 5.74) is 0.608. The van der Waals surface area contributed by atoms with Crippen molar-refractivity contribution in [3.63, 3.8) is 0 Å². The van der Waals surface area contributed by atoms with Crippen LogP contribution < -0.4 is 9.80 Å². The summed E-state index contributed by atoms with van der Waals surface area (Å²) in [5.74, 6) is 5.01. The van der Waals surface area contributed by atoms with Gasteiger partial charge in [-0.1, -0.05) is 10.3 Å². The van der Waals surface area contributed by atoms with Crippen LogP contribution in [-0.2, 0) is 0 Å². The number of anilines is 2. The summed E-state index contributed by atoms with van der Waals surface area (Å²) in [7, 11) is 0. The molecule has 0 unspecified atom stereocenters. The van der Waals surface area contributed by atoms with E-state index in [1.807, 2.05) is 26.0 Å². The van der Waals surface area contributed by atoms with E-state index in [1.165, 1.54) is 0 Å². The number of nitrogens with zero attached hydrogens (tertiary/aromatic N) is 8. The van der Waals surface area contributed by atoms with Gasteiger partial charge in [0.25, 0.3) is 0 Å². The van der Waals surface area contributed by atoms with E-state index in [1.54, 1.807) is 0 Å². The molecule has 166 valence electrons. The molecule has 2 fully saturated rings. The van der Waals surface area contributed by atoms with Crippen LogP contribution in [0.15, 0.2) is 21.2 Å². The summed E-state index contributed by atoms with van der Waals surface area (Å²) in [5, 5.41) is 17.5. The number of nitriles is 1. The highest BCUT2D eigenvalue weighted by molar-refractivity contribution is 5.59. The zero-order chi connectivity index (χ0) is 22.1. The molecule has 0 bridgehead atoms. The van der Waals surface area contributed by atoms with Gasteiger partial charge in [-0.05, 0) is 51.7 Å². The minimum Gasteiger partial charge on any atom is -0.356 e. The average Bonchev–Trinajstić information content (AvgIpc) is 3.47. The Morgan fingerprint density at radius 1 is 0.812 bits per heavy atom. The fraction of sp³-hybridized carbons (Fsp3) is 0.545. The molecule has 3 aromatic heterocycles. The molecule has 0 amide bonds. The Hall–Kier alpha value is -3.48. The van der Waals surface area contributed by atoms with Crippen LogP contribution in [0.4, 0.5) is 11.6 Å². The Balaban J connectivity index is 1.27. The molecular weight excluding hydrogens is 408 g/mol. The standard InChI is InChI=1S/C22H26N8O2/c1-14-24-21(31-27-14)16-5-9-29(10-6-16)19-4-3-18(13-23)20(26-19)30-11-7-17(8-12-30)22-25-15(2)28-32-22/h3-4,16-17H,5-12H2,1-2H3. The van der Waals surface area contributed by atoms with Crippen LogP contribution in [0.5, 0.6) is 0 Å². The fourth-order valence-corrected chi connectivity index (χ4v) is 4.59. The molecule has 10 nitrogen and oxygen atoms in total. The van der Waals surface area contributed by atoms with E-state index < -0.39 is 0 Å². The lowest BCUT2D eigenvalue weighted by Gasteiger charge is -2.34. The van der Waals surface area contributed by atoms with Crippen LogP contribution in [0.25, 0.3) is 0 Å². The smallest absolute Gasteiger partial charge is 0.229 e. The second-order valence-corrected chi connectivity index (χ2v) is 8.53. The fourth-order valence-electron chi connectivity index (χ4n) is 4.59. The molecular formula is C22H26N8O2. The van der Waals surface area contributed by atoms with Gasteiger partial charge in [0.1, 0.15) is 17.7 Å². The largest absolute Gasteiger partial charge is 0.356 e. The van der Waals surface area contributed by atoms with Gasteiger partial charge in [-0.2, -0.15) is 15.2 Å². The second kappa shape index (κ2) is 8.57. The number of aromatic nitrogens is 5. The van der Waals surface area contributed by atoms with Gasteiger partial charge in [-0.15, -0.1) is 0 Å². The summed E-state index contributed by atoms with van der Waals surface area (Å²) in [6.07, 6.45) is 3.67. The molecule has 0 aliphatic carbocycles. The van der Waals surface area contributed by atoms with Crippen LogP contribution in [-0.4, -0.2) is 51.4 Å². The number of hydrogen-bond donors (Lipinski definition) is 0. The third kappa shape index (κ3) is 4.02. The van der Waals surface area contributed by atoms with Crippen molar-refractivity contribution in [3.05, 3.63) is 41.1 Å². The van der Waals surface area contributed by atoms with Crippen molar-refractivity contribution < 1.29 is 9.05 Å². The molecule has 2 saturated heterocycles. The van der Waals surface area contributed by atoms with Gasteiger partial charge in [0.15, 0.2) is 11.6 Å². The quantitative estimate of drug-likeness (QED) is 0.605. The summed E-state index contributed by atoms with van der Waals surface area (Å²) < 4.78 is 10.7. The molecule has 5 heterocycles. The average molecular weight is 435 g/mol. The minimum absolute atomic E-state index is 0.258. The van der Waals surface area contributed by atoms with Crippen molar-refractivity contribution in [2.24, 2.45) is 0 Å².